The molecule has 1 heterocycles. The summed E-state index contributed by atoms with van der Waals surface area (Å²) in [7, 11) is 4.04. The Bertz CT molecular complexity index is 367. The molecule has 1 saturated carbocycles. The highest BCUT2D eigenvalue weighted by molar-refractivity contribution is 6.15. The fourth-order valence-electron chi connectivity index (χ4n) is 2.41. The van der Waals surface area contributed by atoms with Gasteiger partial charge in [-0.1, -0.05) is 0 Å². The number of imide groups is 1. The first kappa shape index (κ1) is 11.3. The van der Waals surface area contributed by atoms with E-state index in [2.05, 4.69) is 4.90 Å². The van der Waals surface area contributed by atoms with Crippen molar-refractivity contribution < 1.29 is 9.59 Å². The van der Waals surface area contributed by atoms with Gasteiger partial charge in [-0.15, -0.1) is 0 Å². The average Bonchev–Trinajstić information content (AvgIpc) is 2.36. The molecule has 1 aliphatic carbocycles. The molecule has 0 radical (unpaired) electrons. The number of carbonyl (C=O) groups is 2. The normalized spacial score (nSPS) is 23.8. The van der Waals surface area contributed by atoms with Crippen LogP contribution in [0.4, 0.5) is 0 Å². The first-order valence-corrected chi connectivity index (χ1v) is 5.68. The summed E-state index contributed by atoms with van der Waals surface area (Å²) in [6.07, 6.45) is 4.75. The van der Waals surface area contributed by atoms with Gasteiger partial charge < -0.3 is 4.90 Å². The van der Waals surface area contributed by atoms with Crippen molar-refractivity contribution in [3.05, 3.63) is 11.6 Å². The van der Waals surface area contributed by atoms with Gasteiger partial charge in [-0.25, -0.2) is 0 Å². The number of amides is 2. The fourth-order valence-corrected chi connectivity index (χ4v) is 2.41. The molecule has 2 aliphatic rings. The molecular weight excluding hydrogens is 204 g/mol. The Balaban J connectivity index is 2.11. The van der Waals surface area contributed by atoms with Crippen molar-refractivity contribution in [3.63, 3.8) is 0 Å². The Morgan fingerprint density at radius 3 is 2.31 bits per heavy atom. The molecule has 0 N–H and O–H groups in total. The number of likely N-dealkylation sites (N-methyl/N-ethyl adjacent to an activating group) is 1. The van der Waals surface area contributed by atoms with Gasteiger partial charge in [0.1, 0.15) is 0 Å². The van der Waals surface area contributed by atoms with Crippen molar-refractivity contribution in [1.82, 2.24) is 9.80 Å². The highest BCUT2D eigenvalue weighted by atomic mass is 16.2. The van der Waals surface area contributed by atoms with Crippen molar-refractivity contribution in [3.8, 4) is 0 Å². The standard InChI is InChI=1S/C12H18N2O2/c1-9-7-10(15)14(11(9)16)8-12(13(2)3)5-4-6-12/h7H,4-6,8H2,1-3H3. The van der Waals surface area contributed by atoms with E-state index in [4.69, 9.17) is 0 Å². The summed E-state index contributed by atoms with van der Waals surface area (Å²) in [5.74, 6) is -0.284. The lowest BCUT2D eigenvalue weighted by Crippen LogP contribution is -2.58. The highest BCUT2D eigenvalue weighted by Crippen LogP contribution is 2.37. The van der Waals surface area contributed by atoms with Crippen LogP contribution in [0.1, 0.15) is 26.2 Å². The Hall–Kier alpha value is -1.16. The average molecular weight is 222 g/mol. The van der Waals surface area contributed by atoms with Crippen molar-refractivity contribution in [2.24, 2.45) is 0 Å². The zero-order chi connectivity index (χ0) is 11.9. The van der Waals surface area contributed by atoms with E-state index >= 15 is 0 Å². The largest absolute Gasteiger partial charge is 0.302 e. The van der Waals surface area contributed by atoms with E-state index in [1.807, 2.05) is 14.1 Å². The fraction of sp³-hybridized carbons (Fsp3) is 0.667. The molecule has 88 valence electrons. The molecule has 0 aromatic rings. The quantitative estimate of drug-likeness (QED) is 0.663. The van der Waals surface area contributed by atoms with Crippen molar-refractivity contribution in [2.75, 3.05) is 20.6 Å². The SMILES string of the molecule is CC1=CC(=O)N(CC2(N(C)C)CCC2)C1=O. The Kier molecular flexibility index (Phi) is 2.62. The van der Waals surface area contributed by atoms with Gasteiger partial charge >= 0.3 is 0 Å². The Morgan fingerprint density at radius 2 is 2.00 bits per heavy atom. The van der Waals surface area contributed by atoms with Crippen LogP contribution in [0, 0.1) is 0 Å². The minimum atomic E-state index is -0.157. The molecule has 0 bridgehead atoms. The maximum absolute atomic E-state index is 11.8. The zero-order valence-corrected chi connectivity index (χ0v) is 10.1. The molecule has 0 aromatic heterocycles. The molecule has 1 aliphatic heterocycles. The monoisotopic (exact) mass is 222 g/mol. The van der Waals surface area contributed by atoms with E-state index in [9.17, 15) is 9.59 Å². The molecule has 16 heavy (non-hydrogen) atoms. The smallest absolute Gasteiger partial charge is 0.256 e. The molecule has 0 saturated heterocycles. The first-order chi connectivity index (χ1) is 7.46. The van der Waals surface area contributed by atoms with Crippen LogP contribution in [0.3, 0.4) is 0 Å². The molecule has 4 heteroatoms. The highest BCUT2D eigenvalue weighted by Gasteiger charge is 2.44. The lowest BCUT2D eigenvalue weighted by molar-refractivity contribution is -0.140. The minimum absolute atomic E-state index is 0.0176. The zero-order valence-electron chi connectivity index (χ0n) is 10.1. The van der Waals surface area contributed by atoms with Crippen molar-refractivity contribution in [2.45, 2.75) is 31.7 Å². The number of hydrogen-bond donors (Lipinski definition) is 0. The molecule has 2 rings (SSSR count). The van der Waals surface area contributed by atoms with Gasteiger partial charge in [0.05, 0.1) is 0 Å². The second-order valence-electron chi connectivity index (χ2n) is 5.03. The van der Waals surface area contributed by atoms with E-state index in [1.165, 1.54) is 17.4 Å². The van der Waals surface area contributed by atoms with Crippen LogP contribution >= 0.6 is 0 Å². The van der Waals surface area contributed by atoms with E-state index in [0.717, 1.165) is 12.8 Å². The summed E-state index contributed by atoms with van der Waals surface area (Å²) in [6, 6.07) is 0. The topological polar surface area (TPSA) is 40.6 Å². The van der Waals surface area contributed by atoms with E-state index in [-0.39, 0.29) is 17.4 Å². The summed E-state index contributed by atoms with van der Waals surface area (Å²) in [5, 5.41) is 0. The lowest BCUT2D eigenvalue weighted by Gasteiger charge is -2.48. The lowest BCUT2D eigenvalue weighted by atomic mass is 9.75. The van der Waals surface area contributed by atoms with E-state index in [1.54, 1.807) is 6.92 Å². The van der Waals surface area contributed by atoms with Gasteiger partial charge in [0.2, 0.25) is 0 Å². The van der Waals surface area contributed by atoms with Crippen molar-refractivity contribution >= 4 is 11.8 Å². The first-order valence-electron chi connectivity index (χ1n) is 5.68. The summed E-state index contributed by atoms with van der Waals surface area (Å²) < 4.78 is 0. The molecule has 0 unspecified atom stereocenters. The molecule has 0 aromatic carbocycles. The predicted octanol–water partition coefficient (Wildman–Crippen LogP) is 0.786. The second kappa shape index (κ2) is 3.70. The van der Waals surface area contributed by atoms with Crippen LogP contribution in [0.25, 0.3) is 0 Å². The third-order valence-electron chi connectivity index (χ3n) is 3.87. The molecular formula is C12H18N2O2. The number of hydrogen-bond acceptors (Lipinski definition) is 3. The van der Waals surface area contributed by atoms with Crippen LogP contribution in [0.5, 0.6) is 0 Å². The molecule has 2 amide bonds. The van der Waals surface area contributed by atoms with Gasteiger partial charge in [0.25, 0.3) is 11.8 Å². The predicted molar refractivity (Wildman–Crippen MR) is 60.7 cm³/mol. The summed E-state index contributed by atoms with van der Waals surface area (Å²) in [6.45, 7) is 2.23. The molecule has 4 nitrogen and oxygen atoms in total. The van der Waals surface area contributed by atoms with Gasteiger partial charge in [0, 0.05) is 23.7 Å². The van der Waals surface area contributed by atoms with Gasteiger partial charge in [-0.2, -0.15) is 0 Å². The third kappa shape index (κ3) is 1.57. The van der Waals surface area contributed by atoms with Gasteiger partial charge in [-0.3, -0.25) is 14.5 Å². The van der Waals surface area contributed by atoms with E-state index in [0.29, 0.717) is 12.1 Å². The Morgan fingerprint density at radius 1 is 1.38 bits per heavy atom. The van der Waals surface area contributed by atoms with Crippen molar-refractivity contribution in [1.29, 1.82) is 0 Å². The maximum Gasteiger partial charge on any atom is 0.256 e. The molecule has 0 spiro atoms. The maximum atomic E-state index is 11.8. The minimum Gasteiger partial charge on any atom is -0.302 e. The summed E-state index contributed by atoms with van der Waals surface area (Å²) in [5.41, 5.74) is 0.572. The second-order valence-corrected chi connectivity index (χ2v) is 5.03. The third-order valence-corrected chi connectivity index (χ3v) is 3.87. The van der Waals surface area contributed by atoms with Crippen LogP contribution in [-0.4, -0.2) is 47.8 Å². The van der Waals surface area contributed by atoms with Crippen LogP contribution < -0.4 is 0 Å². The van der Waals surface area contributed by atoms with Gasteiger partial charge in [0.15, 0.2) is 0 Å². The van der Waals surface area contributed by atoms with Crippen LogP contribution in [-0.2, 0) is 9.59 Å². The number of carbonyl (C=O) groups excluding carboxylic acids is 2. The number of nitrogens with zero attached hydrogens (tertiary/aromatic N) is 2. The van der Waals surface area contributed by atoms with Crippen LogP contribution in [0.2, 0.25) is 0 Å². The summed E-state index contributed by atoms with van der Waals surface area (Å²) in [4.78, 5) is 26.9. The van der Waals surface area contributed by atoms with E-state index < -0.39 is 0 Å². The molecule has 1 fully saturated rings. The summed E-state index contributed by atoms with van der Waals surface area (Å²) >= 11 is 0. The van der Waals surface area contributed by atoms with Gasteiger partial charge in [-0.05, 0) is 40.3 Å². The van der Waals surface area contributed by atoms with Crippen LogP contribution in [0.15, 0.2) is 11.6 Å². The molecule has 0 atom stereocenters. The number of rotatable bonds is 3. The Labute approximate surface area is 95.9 Å².